The van der Waals surface area contributed by atoms with Gasteiger partial charge in [-0.1, -0.05) is 17.7 Å². The van der Waals surface area contributed by atoms with Crippen LogP contribution < -0.4 is 10.5 Å². The van der Waals surface area contributed by atoms with Crippen LogP contribution in [0.5, 0.6) is 5.75 Å². The quantitative estimate of drug-likeness (QED) is 0.916. The fourth-order valence-corrected chi connectivity index (χ4v) is 2.04. The zero-order valence-electron chi connectivity index (χ0n) is 11.1. The van der Waals surface area contributed by atoms with Gasteiger partial charge in [0, 0.05) is 25.7 Å². The van der Waals surface area contributed by atoms with Gasteiger partial charge < -0.3 is 10.5 Å². The fourth-order valence-electron chi connectivity index (χ4n) is 1.80. The third-order valence-electron chi connectivity index (χ3n) is 2.89. The number of benzene rings is 1. The van der Waals surface area contributed by atoms with Crippen molar-refractivity contribution in [2.24, 2.45) is 12.8 Å². The molecule has 0 fully saturated rings. The number of hydrogen-bond acceptors (Lipinski definition) is 3. The molecule has 0 aliphatic carbocycles. The Balaban J connectivity index is 1.92. The van der Waals surface area contributed by atoms with E-state index in [4.69, 9.17) is 22.1 Å². The SMILES string of the molecule is C[C@H](N)c1ccc(OCCc2cnn(C)c2)c(Cl)c1. The average molecular weight is 280 g/mol. The Kier molecular flexibility index (Phi) is 4.45. The highest BCUT2D eigenvalue weighted by molar-refractivity contribution is 6.32. The molecule has 2 aromatic rings. The van der Waals surface area contributed by atoms with Gasteiger partial charge in [0.15, 0.2) is 0 Å². The zero-order chi connectivity index (χ0) is 13.8. The van der Waals surface area contributed by atoms with Crippen LogP contribution in [0.3, 0.4) is 0 Å². The Morgan fingerprint density at radius 3 is 2.84 bits per heavy atom. The van der Waals surface area contributed by atoms with Crippen LogP contribution in [-0.4, -0.2) is 16.4 Å². The Labute approximate surface area is 118 Å². The van der Waals surface area contributed by atoms with Crippen molar-refractivity contribution in [2.75, 3.05) is 6.61 Å². The molecule has 0 radical (unpaired) electrons. The van der Waals surface area contributed by atoms with Crippen LogP contribution in [-0.2, 0) is 13.5 Å². The van der Waals surface area contributed by atoms with E-state index in [1.807, 2.05) is 44.6 Å². The summed E-state index contributed by atoms with van der Waals surface area (Å²) in [6.45, 7) is 2.50. The molecule has 1 aromatic heterocycles. The molecular formula is C14H18ClN3O. The highest BCUT2D eigenvalue weighted by Gasteiger charge is 2.06. The summed E-state index contributed by atoms with van der Waals surface area (Å²) in [4.78, 5) is 0. The lowest BCUT2D eigenvalue weighted by atomic mass is 10.1. The van der Waals surface area contributed by atoms with Crippen molar-refractivity contribution in [3.05, 3.63) is 46.7 Å². The van der Waals surface area contributed by atoms with Crippen LogP contribution in [0.25, 0.3) is 0 Å². The minimum absolute atomic E-state index is 0.0260. The summed E-state index contributed by atoms with van der Waals surface area (Å²) in [6.07, 6.45) is 4.62. The van der Waals surface area contributed by atoms with Gasteiger partial charge >= 0.3 is 0 Å². The zero-order valence-corrected chi connectivity index (χ0v) is 11.9. The molecular weight excluding hydrogens is 262 g/mol. The van der Waals surface area contributed by atoms with Crippen molar-refractivity contribution in [1.82, 2.24) is 9.78 Å². The summed E-state index contributed by atoms with van der Waals surface area (Å²) in [6, 6.07) is 5.63. The molecule has 0 saturated carbocycles. The first-order chi connectivity index (χ1) is 9.06. The van der Waals surface area contributed by atoms with Crippen molar-refractivity contribution in [1.29, 1.82) is 0 Å². The van der Waals surface area contributed by atoms with Crippen molar-refractivity contribution < 1.29 is 4.74 Å². The monoisotopic (exact) mass is 279 g/mol. The van der Waals surface area contributed by atoms with Gasteiger partial charge in [0.2, 0.25) is 0 Å². The molecule has 2 N–H and O–H groups in total. The summed E-state index contributed by atoms with van der Waals surface area (Å²) in [7, 11) is 1.90. The molecule has 102 valence electrons. The van der Waals surface area contributed by atoms with E-state index in [-0.39, 0.29) is 6.04 Å². The number of aromatic nitrogens is 2. The highest BCUT2D eigenvalue weighted by atomic mass is 35.5. The molecule has 1 aromatic carbocycles. The molecule has 2 rings (SSSR count). The molecule has 1 atom stereocenters. The maximum atomic E-state index is 6.16. The number of ether oxygens (including phenoxy) is 1. The minimum Gasteiger partial charge on any atom is -0.492 e. The van der Waals surface area contributed by atoms with Crippen molar-refractivity contribution in [3.8, 4) is 5.75 Å². The van der Waals surface area contributed by atoms with Crippen molar-refractivity contribution in [2.45, 2.75) is 19.4 Å². The number of aryl methyl sites for hydroxylation is 1. The third kappa shape index (κ3) is 3.72. The molecule has 0 bridgehead atoms. The molecule has 1 heterocycles. The summed E-state index contributed by atoms with van der Waals surface area (Å²) < 4.78 is 7.45. The van der Waals surface area contributed by atoms with E-state index >= 15 is 0 Å². The maximum absolute atomic E-state index is 6.16. The van der Waals surface area contributed by atoms with E-state index in [0.717, 1.165) is 17.5 Å². The van der Waals surface area contributed by atoms with E-state index in [1.54, 1.807) is 4.68 Å². The van der Waals surface area contributed by atoms with Crippen LogP contribution >= 0.6 is 11.6 Å². The van der Waals surface area contributed by atoms with Gasteiger partial charge in [-0.25, -0.2) is 0 Å². The Morgan fingerprint density at radius 1 is 1.47 bits per heavy atom. The van der Waals surface area contributed by atoms with Gasteiger partial charge in [-0.3, -0.25) is 4.68 Å². The summed E-state index contributed by atoms with van der Waals surface area (Å²) in [5, 5.41) is 4.71. The van der Waals surface area contributed by atoms with Crippen LogP contribution in [0.2, 0.25) is 5.02 Å². The molecule has 4 nitrogen and oxygen atoms in total. The van der Waals surface area contributed by atoms with Gasteiger partial charge in [-0.05, 0) is 30.2 Å². The van der Waals surface area contributed by atoms with E-state index in [9.17, 15) is 0 Å². The van der Waals surface area contributed by atoms with E-state index < -0.39 is 0 Å². The Morgan fingerprint density at radius 2 is 2.26 bits per heavy atom. The van der Waals surface area contributed by atoms with E-state index in [2.05, 4.69) is 5.10 Å². The van der Waals surface area contributed by atoms with Crippen molar-refractivity contribution >= 4 is 11.6 Å². The van der Waals surface area contributed by atoms with Crippen LogP contribution in [0, 0.1) is 0 Å². The molecule has 0 aliphatic heterocycles. The van der Waals surface area contributed by atoms with Crippen molar-refractivity contribution in [3.63, 3.8) is 0 Å². The third-order valence-corrected chi connectivity index (χ3v) is 3.18. The molecule has 0 spiro atoms. The number of rotatable bonds is 5. The molecule has 0 saturated heterocycles. The second kappa shape index (κ2) is 6.08. The largest absolute Gasteiger partial charge is 0.492 e. The normalized spacial score (nSPS) is 12.4. The number of nitrogens with two attached hydrogens (primary N) is 1. The topological polar surface area (TPSA) is 53.1 Å². The molecule has 0 aliphatic rings. The summed E-state index contributed by atoms with van der Waals surface area (Å²) in [5.74, 6) is 0.690. The first-order valence-electron chi connectivity index (χ1n) is 6.21. The van der Waals surface area contributed by atoms with E-state index in [0.29, 0.717) is 17.4 Å². The Bertz CT molecular complexity index is 551. The van der Waals surface area contributed by atoms with Crippen LogP contribution in [0.15, 0.2) is 30.6 Å². The number of hydrogen-bond donors (Lipinski definition) is 1. The maximum Gasteiger partial charge on any atom is 0.137 e. The first-order valence-corrected chi connectivity index (χ1v) is 6.59. The fraction of sp³-hybridized carbons (Fsp3) is 0.357. The molecule has 19 heavy (non-hydrogen) atoms. The minimum atomic E-state index is -0.0260. The van der Waals surface area contributed by atoms with Gasteiger partial charge in [0.05, 0.1) is 17.8 Å². The van der Waals surface area contributed by atoms with Gasteiger partial charge in [0.1, 0.15) is 5.75 Å². The smallest absolute Gasteiger partial charge is 0.137 e. The lowest BCUT2D eigenvalue weighted by Gasteiger charge is -2.10. The Hall–Kier alpha value is -1.52. The van der Waals surface area contributed by atoms with Gasteiger partial charge in [0.25, 0.3) is 0 Å². The number of nitrogens with zero attached hydrogens (tertiary/aromatic N) is 2. The summed E-state index contributed by atoms with van der Waals surface area (Å²) in [5.41, 5.74) is 7.95. The predicted octanol–water partition coefficient (Wildman–Crippen LogP) is 2.71. The molecule has 0 unspecified atom stereocenters. The molecule has 5 heteroatoms. The second-order valence-electron chi connectivity index (χ2n) is 4.60. The average Bonchev–Trinajstić information content (AvgIpc) is 2.77. The number of halogens is 1. The van der Waals surface area contributed by atoms with Crippen LogP contribution in [0.4, 0.5) is 0 Å². The first kappa shape index (κ1) is 13.9. The lowest BCUT2D eigenvalue weighted by Crippen LogP contribution is -2.05. The highest BCUT2D eigenvalue weighted by Crippen LogP contribution is 2.27. The summed E-state index contributed by atoms with van der Waals surface area (Å²) >= 11 is 6.16. The predicted molar refractivity (Wildman–Crippen MR) is 76.5 cm³/mol. The standard InChI is InChI=1S/C14H18ClN3O/c1-10(16)12-3-4-14(13(15)7-12)19-6-5-11-8-17-18(2)9-11/h3-4,7-10H,5-6,16H2,1-2H3/t10-/m0/s1. The lowest BCUT2D eigenvalue weighted by molar-refractivity contribution is 0.322. The van der Waals surface area contributed by atoms with Crippen LogP contribution in [0.1, 0.15) is 24.1 Å². The van der Waals surface area contributed by atoms with E-state index in [1.165, 1.54) is 0 Å². The molecule has 0 amide bonds. The second-order valence-corrected chi connectivity index (χ2v) is 5.01. The van der Waals surface area contributed by atoms with Gasteiger partial charge in [-0.2, -0.15) is 5.10 Å². The van der Waals surface area contributed by atoms with Gasteiger partial charge in [-0.15, -0.1) is 0 Å².